The third-order valence-electron chi connectivity index (χ3n) is 3.76. The zero-order valence-corrected chi connectivity index (χ0v) is 10.8. The Morgan fingerprint density at radius 2 is 2.21 bits per heavy atom. The number of hydrogen-bond donors (Lipinski definition) is 1. The molecule has 102 valence electrons. The highest BCUT2D eigenvalue weighted by Gasteiger charge is 2.35. The Morgan fingerprint density at radius 1 is 1.37 bits per heavy atom. The number of ether oxygens (including phenoxy) is 1. The van der Waals surface area contributed by atoms with E-state index in [1.54, 1.807) is 6.07 Å². The molecule has 5 nitrogen and oxygen atoms in total. The third-order valence-corrected chi connectivity index (χ3v) is 3.76. The van der Waals surface area contributed by atoms with Crippen molar-refractivity contribution in [2.24, 2.45) is 5.92 Å². The number of aromatic amines is 1. The van der Waals surface area contributed by atoms with Gasteiger partial charge in [0.25, 0.3) is 5.91 Å². The van der Waals surface area contributed by atoms with Crippen LogP contribution in [0.3, 0.4) is 0 Å². The minimum Gasteiger partial charge on any atom is -0.381 e. The smallest absolute Gasteiger partial charge is 0.255 e. The van der Waals surface area contributed by atoms with Crippen molar-refractivity contribution in [2.45, 2.75) is 25.3 Å². The normalized spacial score (nSPS) is 22.4. The van der Waals surface area contributed by atoms with E-state index in [0.717, 1.165) is 39.0 Å². The van der Waals surface area contributed by atoms with Crippen molar-refractivity contribution in [1.82, 2.24) is 9.88 Å². The second-order valence-electron chi connectivity index (χ2n) is 5.36. The number of H-pyrrole nitrogens is 1. The van der Waals surface area contributed by atoms with Gasteiger partial charge in [-0.2, -0.15) is 0 Å². The molecule has 1 atom stereocenters. The number of nitrogens with zero attached hydrogens (tertiary/aromatic N) is 1. The molecule has 0 unspecified atom stereocenters. The summed E-state index contributed by atoms with van der Waals surface area (Å²) < 4.78 is 5.37. The summed E-state index contributed by atoms with van der Waals surface area (Å²) in [5.74, 6) is 0.470. The van der Waals surface area contributed by atoms with Gasteiger partial charge in [-0.1, -0.05) is 0 Å². The SMILES string of the molecule is O=C(c1ccc(=O)[nH]c1)N(C[C@@H]1CCOC1)C1CC1. The minimum absolute atomic E-state index is 0.0191. The van der Waals surface area contributed by atoms with E-state index >= 15 is 0 Å². The predicted molar refractivity (Wildman–Crippen MR) is 70.0 cm³/mol. The predicted octanol–water partition coefficient (Wildman–Crippen LogP) is 1.02. The number of hydrogen-bond acceptors (Lipinski definition) is 3. The van der Waals surface area contributed by atoms with Crippen molar-refractivity contribution in [3.05, 3.63) is 34.2 Å². The summed E-state index contributed by atoms with van der Waals surface area (Å²) in [5, 5.41) is 0. The molecule has 1 saturated heterocycles. The van der Waals surface area contributed by atoms with Gasteiger partial charge in [-0.3, -0.25) is 9.59 Å². The molecule has 19 heavy (non-hydrogen) atoms. The molecule has 2 aliphatic rings. The molecule has 1 amide bonds. The van der Waals surface area contributed by atoms with Crippen LogP contribution in [0.5, 0.6) is 0 Å². The van der Waals surface area contributed by atoms with E-state index in [9.17, 15) is 9.59 Å². The van der Waals surface area contributed by atoms with Gasteiger partial charge in [0.05, 0.1) is 12.2 Å². The summed E-state index contributed by atoms with van der Waals surface area (Å²) in [7, 11) is 0. The number of nitrogens with one attached hydrogen (secondary N) is 1. The molecule has 1 aromatic rings. The zero-order chi connectivity index (χ0) is 13.2. The number of rotatable bonds is 4. The van der Waals surface area contributed by atoms with Crippen molar-refractivity contribution < 1.29 is 9.53 Å². The first-order chi connectivity index (χ1) is 9.24. The van der Waals surface area contributed by atoms with E-state index in [0.29, 0.717) is 17.5 Å². The standard InChI is InChI=1S/C14H18N2O3/c17-13-4-1-11(7-15-13)14(18)16(12-2-3-12)8-10-5-6-19-9-10/h1,4,7,10,12H,2-3,5-6,8-9H2,(H,15,17)/t10-/m0/s1. The molecule has 0 radical (unpaired) electrons. The Kier molecular flexibility index (Phi) is 3.38. The van der Waals surface area contributed by atoms with Crippen molar-refractivity contribution in [2.75, 3.05) is 19.8 Å². The molecule has 3 rings (SSSR count). The molecule has 1 aromatic heterocycles. The van der Waals surface area contributed by atoms with Gasteiger partial charge in [-0.25, -0.2) is 0 Å². The van der Waals surface area contributed by atoms with Crippen LogP contribution in [0.2, 0.25) is 0 Å². The van der Waals surface area contributed by atoms with Gasteiger partial charge in [-0.15, -0.1) is 0 Å². The maximum absolute atomic E-state index is 12.5. The molecule has 1 saturated carbocycles. The highest BCUT2D eigenvalue weighted by Crippen LogP contribution is 2.30. The fraction of sp³-hybridized carbons (Fsp3) is 0.571. The van der Waals surface area contributed by atoms with Crippen molar-refractivity contribution >= 4 is 5.91 Å². The maximum atomic E-state index is 12.5. The molecular formula is C14H18N2O3. The molecule has 2 fully saturated rings. The summed E-state index contributed by atoms with van der Waals surface area (Å²) in [6.07, 6.45) is 4.71. The molecule has 1 aliphatic carbocycles. The van der Waals surface area contributed by atoms with E-state index in [-0.39, 0.29) is 11.5 Å². The first kappa shape index (κ1) is 12.4. The van der Waals surface area contributed by atoms with Crippen molar-refractivity contribution in [3.63, 3.8) is 0 Å². The van der Waals surface area contributed by atoms with Gasteiger partial charge in [0.15, 0.2) is 0 Å². The van der Waals surface area contributed by atoms with E-state index in [1.807, 2.05) is 4.90 Å². The molecular weight excluding hydrogens is 244 g/mol. The van der Waals surface area contributed by atoms with Gasteiger partial charge in [0.1, 0.15) is 0 Å². The molecule has 0 bridgehead atoms. The number of aromatic nitrogens is 1. The van der Waals surface area contributed by atoms with E-state index in [2.05, 4.69) is 4.98 Å². The van der Waals surface area contributed by atoms with E-state index < -0.39 is 0 Å². The lowest BCUT2D eigenvalue weighted by Gasteiger charge is -2.25. The summed E-state index contributed by atoms with van der Waals surface area (Å²) in [5.41, 5.74) is 0.379. The average molecular weight is 262 g/mol. The minimum atomic E-state index is -0.182. The topological polar surface area (TPSA) is 62.4 Å². The van der Waals surface area contributed by atoms with Crippen molar-refractivity contribution in [1.29, 1.82) is 0 Å². The largest absolute Gasteiger partial charge is 0.381 e. The monoisotopic (exact) mass is 262 g/mol. The molecule has 0 aromatic carbocycles. The third kappa shape index (κ3) is 2.87. The quantitative estimate of drug-likeness (QED) is 0.881. The molecule has 2 heterocycles. The van der Waals surface area contributed by atoms with E-state index in [1.165, 1.54) is 12.3 Å². The van der Waals surface area contributed by atoms with E-state index in [4.69, 9.17) is 4.74 Å². The van der Waals surface area contributed by atoms with Crippen LogP contribution in [-0.4, -0.2) is 41.6 Å². The number of carbonyl (C=O) groups excluding carboxylic acids is 1. The average Bonchev–Trinajstić information content (AvgIpc) is 3.13. The lowest BCUT2D eigenvalue weighted by Crippen LogP contribution is -2.37. The molecule has 1 N–H and O–H groups in total. The van der Waals surface area contributed by atoms with Gasteiger partial charge in [-0.05, 0) is 25.3 Å². The van der Waals surface area contributed by atoms with Gasteiger partial charge < -0.3 is 14.6 Å². The lowest BCUT2D eigenvalue weighted by atomic mass is 10.1. The second kappa shape index (κ2) is 5.17. The highest BCUT2D eigenvalue weighted by molar-refractivity contribution is 5.94. The fourth-order valence-corrected chi connectivity index (χ4v) is 2.50. The molecule has 0 spiro atoms. The Balaban J connectivity index is 1.73. The number of amides is 1. The van der Waals surface area contributed by atoms with Crippen LogP contribution in [0.1, 0.15) is 29.6 Å². The first-order valence-corrected chi connectivity index (χ1v) is 6.81. The zero-order valence-electron chi connectivity index (χ0n) is 10.8. The van der Waals surface area contributed by atoms with Crippen LogP contribution in [0, 0.1) is 5.92 Å². The van der Waals surface area contributed by atoms with Crippen LogP contribution in [0.25, 0.3) is 0 Å². The Bertz CT molecular complexity index is 495. The summed E-state index contributed by atoms with van der Waals surface area (Å²) >= 11 is 0. The summed E-state index contributed by atoms with van der Waals surface area (Å²) in [6, 6.07) is 3.37. The van der Waals surface area contributed by atoms with Crippen molar-refractivity contribution in [3.8, 4) is 0 Å². The number of pyridine rings is 1. The van der Waals surface area contributed by atoms with Crippen LogP contribution in [0.15, 0.2) is 23.1 Å². The second-order valence-corrected chi connectivity index (χ2v) is 5.36. The van der Waals surface area contributed by atoms with Crippen LogP contribution < -0.4 is 5.56 Å². The van der Waals surface area contributed by atoms with Gasteiger partial charge >= 0.3 is 0 Å². The summed E-state index contributed by atoms with van der Waals surface area (Å²) in [6.45, 7) is 2.32. The maximum Gasteiger partial charge on any atom is 0.255 e. The van der Waals surface area contributed by atoms with Crippen LogP contribution >= 0.6 is 0 Å². The summed E-state index contributed by atoms with van der Waals surface area (Å²) in [4.78, 5) is 28.0. The van der Waals surface area contributed by atoms with Crippen LogP contribution in [0.4, 0.5) is 0 Å². The lowest BCUT2D eigenvalue weighted by molar-refractivity contribution is 0.0706. The van der Waals surface area contributed by atoms with Gasteiger partial charge in [0.2, 0.25) is 5.56 Å². The molecule has 1 aliphatic heterocycles. The highest BCUT2D eigenvalue weighted by atomic mass is 16.5. The van der Waals surface area contributed by atoms with Crippen LogP contribution in [-0.2, 0) is 4.74 Å². The van der Waals surface area contributed by atoms with Gasteiger partial charge in [0, 0.05) is 37.4 Å². The fourth-order valence-electron chi connectivity index (χ4n) is 2.50. The molecule has 5 heteroatoms. The Morgan fingerprint density at radius 3 is 2.79 bits per heavy atom. The Labute approximate surface area is 111 Å². The Hall–Kier alpha value is -1.62. The first-order valence-electron chi connectivity index (χ1n) is 6.81. The number of carbonyl (C=O) groups is 1.